The highest BCUT2D eigenvalue weighted by Crippen LogP contribution is 2.04. The smallest absolute Gasteiger partial charge is 0.407 e. The summed E-state index contributed by atoms with van der Waals surface area (Å²) in [6, 6.07) is 0. The SMILES string of the molecule is CCCCNC(=O)OCCOC(=O)NCCCCCCCCNC(=O)OCCCC. The molecule has 0 spiro atoms. The first-order valence-corrected chi connectivity index (χ1v) is 11.3. The Hall–Kier alpha value is -2.19. The van der Waals surface area contributed by atoms with Gasteiger partial charge in [-0.15, -0.1) is 0 Å². The molecule has 0 aromatic carbocycles. The Morgan fingerprint density at radius 1 is 0.500 bits per heavy atom. The predicted octanol–water partition coefficient (Wildman–Crippen LogP) is 4.11. The van der Waals surface area contributed by atoms with Crippen LogP contribution in [0.25, 0.3) is 0 Å². The highest BCUT2D eigenvalue weighted by atomic mass is 16.6. The first-order chi connectivity index (χ1) is 14.6. The third-order valence-corrected chi connectivity index (χ3v) is 4.22. The van der Waals surface area contributed by atoms with Gasteiger partial charge in [0.25, 0.3) is 0 Å². The molecule has 0 saturated carbocycles. The number of alkyl carbamates (subject to hydrolysis) is 3. The second-order valence-electron chi connectivity index (χ2n) is 7.02. The highest BCUT2D eigenvalue weighted by Gasteiger charge is 2.04. The molecular weight excluding hydrogens is 390 g/mol. The minimum atomic E-state index is -0.498. The summed E-state index contributed by atoms with van der Waals surface area (Å²) in [6.07, 6.45) is 8.56. The van der Waals surface area contributed by atoms with Crippen molar-refractivity contribution in [3.63, 3.8) is 0 Å². The molecule has 0 saturated heterocycles. The summed E-state index contributed by atoms with van der Waals surface area (Å²) in [5, 5.41) is 8.04. The summed E-state index contributed by atoms with van der Waals surface area (Å²) in [5.41, 5.74) is 0. The second-order valence-corrected chi connectivity index (χ2v) is 7.02. The second kappa shape index (κ2) is 21.5. The van der Waals surface area contributed by atoms with Crippen LogP contribution in [0.2, 0.25) is 0 Å². The molecule has 0 aromatic heterocycles. The average molecular weight is 432 g/mol. The van der Waals surface area contributed by atoms with E-state index in [0.717, 1.165) is 64.2 Å². The van der Waals surface area contributed by atoms with Crippen LogP contribution in [0.4, 0.5) is 14.4 Å². The minimum absolute atomic E-state index is 0.0349. The lowest BCUT2D eigenvalue weighted by atomic mass is 10.1. The van der Waals surface area contributed by atoms with E-state index in [2.05, 4.69) is 22.9 Å². The number of unbranched alkanes of at least 4 members (excludes halogenated alkanes) is 7. The first-order valence-electron chi connectivity index (χ1n) is 11.3. The maximum Gasteiger partial charge on any atom is 0.407 e. The number of carbonyl (C=O) groups excluding carboxylic acids is 3. The fourth-order valence-corrected chi connectivity index (χ4v) is 2.44. The lowest BCUT2D eigenvalue weighted by Gasteiger charge is -2.08. The quantitative estimate of drug-likeness (QED) is 0.222. The Kier molecular flexibility index (Phi) is 19.9. The van der Waals surface area contributed by atoms with Crippen LogP contribution in [-0.4, -0.2) is 57.7 Å². The molecule has 30 heavy (non-hydrogen) atoms. The lowest BCUT2D eigenvalue weighted by Crippen LogP contribution is -2.29. The van der Waals surface area contributed by atoms with Crippen molar-refractivity contribution in [2.24, 2.45) is 0 Å². The maximum atomic E-state index is 11.5. The van der Waals surface area contributed by atoms with Gasteiger partial charge in [0.1, 0.15) is 13.2 Å². The van der Waals surface area contributed by atoms with E-state index < -0.39 is 12.2 Å². The summed E-state index contributed by atoms with van der Waals surface area (Å²) in [4.78, 5) is 34.1. The molecule has 0 unspecified atom stereocenters. The Morgan fingerprint density at radius 3 is 1.30 bits per heavy atom. The van der Waals surface area contributed by atoms with Crippen molar-refractivity contribution in [1.29, 1.82) is 0 Å². The van der Waals surface area contributed by atoms with E-state index in [1.807, 2.05) is 6.92 Å². The number of ether oxygens (including phenoxy) is 3. The summed E-state index contributed by atoms with van der Waals surface area (Å²) in [7, 11) is 0. The van der Waals surface area contributed by atoms with Crippen LogP contribution >= 0.6 is 0 Å². The van der Waals surface area contributed by atoms with Crippen molar-refractivity contribution in [3.05, 3.63) is 0 Å². The fraction of sp³-hybridized carbons (Fsp3) is 0.857. The van der Waals surface area contributed by atoms with Crippen LogP contribution in [0.3, 0.4) is 0 Å². The molecule has 0 heterocycles. The summed E-state index contributed by atoms with van der Waals surface area (Å²) < 4.78 is 14.8. The average Bonchev–Trinajstić information content (AvgIpc) is 2.73. The molecule has 9 nitrogen and oxygen atoms in total. The van der Waals surface area contributed by atoms with Gasteiger partial charge in [0.2, 0.25) is 0 Å². The number of hydrogen-bond donors (Lipinski definition) is 3. The summed E-state index contributed by atoms with van der Waals surface area (Å²) in [6.45, 7) is 6.43. The van der Waals surface area contributed by atoms with Gasteiger partial charge in [-0.2, -0.15) is 0 Å². The van der Waals surface area contributed by atoms with Gasteiger partial charge < -0.3 is 30.2 Å². The van der Waals surface area contributed by atoms with Gasteiger partial charge in [-0.1, -0.05) is 52.4 Å². The molecule has 176 valence electrons. The normalized spacial score (nSPS) is 10.2. The molecule has 3 N–H and O–H groups in total. The predicted molar refractivity (Wildman–Crippen MR) is 116 cm³/mol. The lowest BCUT2D eigenvalue weighted by molar-refractivity contribution is 0.0956. The number of rotatable bonds is 18. The van der Waals surface area contributed by atoms with Crippen LogP contribution in [0, 0.1) is 0 Å². The Labute approximate surface area is 181 Å². The van der Waals surface area contributed by atoms with Crippen molar-refractivity contribution < 1.29 is 28.6 Å². The van der Waals surface area contributed by atoms with Crippen molar-refractivity contribution in [1.82, 2.24) is 16.0 Å². The highest BCUT2D eigenvalue weighted by molar-refractivity contribution is 5.68. The monoisotopic (exact) mass is 431 g/mol. The van der Waals surface area contributed by atoms with E-state index in [1.165, 1.54) is 0 Å². The van der Waals surface area contributed by atoms with Gasteiger partial charge >= 0.3 is 18.3 Å². The molecule has 0 fully saturated rings. The van der Waals surface area contributed by atoms with E-state index in [1.54, 1.807) is 0 Å². The van der Waals surface area contributed by atoms with E-state index in [4.69, 9.17) is 14.2 Å². The molecule has 0 aliphatic rings. The van der Waals surface area contributed by atoms with Gasteiger partial charge in [0, 0.05) is 19.6 Å². The maximum absolute atomic E-state index is 11.5. The van der Waals surface area contributed by atoms with Gasteiger partial charge in [0.05, 0.1) is 6.61 Å². The van der Waals surface area contributed by atoms with E-state index >= 15 is 0 Å². The van der Waals surface area contributed by atoms with Gasteiger partial charge in [-0.25, -0.2) is 14.4 Å². The van der Waals surface area contributed by atoms with Gasteiger partial charge in [-0.05, 0) is 25.7 Å². The van der Waals surface area contributed by atoms with Crippen LogP contribution in [0.1, 0.15) is 78.1 Å². The fourth-order valence-electron chi connectivity index (χ4n) is 2.44. The van der Waals surface area contributed by atoms with Gasteiger partial charge in [0.15, 0.2) is 0 Å². The zero-order valence-corrected chi connectivity index (χ0v) is 18.8. The molecule has 0 radical (unpaired) electrons. The van der Waals surface area contributed by atoms with Crippen LogP contribution in [0.5, 0.6) is 0 Å². The molecule has 0 aliphatic heterocycles. The van der Waals surface area contributed by atoms with Crippen molar-refractivity contribution in [2.75, 3.05) is 39.5 Å². The largest absolute Gasteiger partial charge is 0.450 e. The third kappa shape index (κ3) is 20.5. The first kappa shape index (κ1) is 27.8. The van der Waals surface area contributed by atoms with Crippen molar-refractivity contribution >= 4 is 18.3 Å². The number of carbonyl (C=O) groups is 3. The zero-order chi connectivity index (χ0) is 22.3. The molecule has 0 bridgehead atoms. The number of amides is 3. The Bertz CT molecular complexity index is 448. The molecule has 0 aliphatic carbocycles. The van der Waals surface area contributed by atoms with E-state index in [9.17, 15) is 14.4 Å². The molecule has 3 amide bonds. The standard InChI is InChI=1S/C21H41N3O6/c1-3-5-13-22-20(26)29-17-18-30-21(27)24-15-12-10-8-7-9-11-14-23-19(25)28-16-6-4-2/h3-18H2,1-2H3,(H,22,26)(H,23,25)(H,24,27). The van der Waals surface area contributed by atoms with Crippen LogP contribution < -0.4 is 16.0 Å². The van der Waals surface area contributed by atoms with Crippen LogP contribution in [0.15, 0.2) is 0 Å². The van der Waals surface area contributed by atoms with Crippen molar-refractivity contribution in [2.45, 2.75) is 78.1 Å². The molecule has 0 atom stereocenters. The minimum Gasteiger partial charge on any atom is -0.450 e. The number of hydrogen-bond acceptors (Lipinski definition) is 6. The Morgan fingerprint density at radius 2 is 0.867 bits per heavy atom. The Balaban J connectivity index is 3.31. The molecular formula is C21H41N3O6. The van der Waals surface area contributed by atoms with Crippen molar-refractivity contribution in [3.8, 4) is 0 Å². The molecule has 0 aromatic rings. The number of nitrogens with one attached hydrogen (secondary N) is 3. The van der Waals surface area contributed by atoms with E-state index in [-0.39, 0.29) is 19.3 Å². The third-order valence-electron chi connectivity index (χ3n) is 4.22. The topological polar surface area (TPSA) is 115 Å². The summed E-state index contributed by atoms with van der Waals surface area (Å²) in [5.74, 6) is 0. The summed E-state index contributed by atoms with van der Waals surface area (Å²) >= 11 is 0. The molecule has 9 heteroatoms. The van der Waals surface area contributed by atoms with Crippen LogP contribution in [-0.2, 0) is 14.2 Å². The van der Waals surface area contributed by atoms with E-state index in [0.29, 0.717) is 26.2 Å². The van der Waals surface area contributed by atoms with Gasteiger partial charge in [-0.3, -0.25) is 0 Å². The molecule has 0 rings (SSSR count). The zero-order valence-electron chi connectivity index (χ0n) is 18.8.